The van der Waals surface area contributed by atoms with E-state index in [1.807, 2.05) is 30.3 Å². The molecule has 0 spiro atoms. The van der Waals surface area contributed by atoms with Crippen LogP contribution in [0.2, 0.25) is 10.0 Å². The number of carboxylic acid groups (broad SMARTS) is 1. The number of hydrogen-bond acceptors (Lipinski definition) is 6. The second-order valence-corrected chi connectivity index (χ2v) is 8.93. The van der Waals surface area contributed by atoms with E-state index in [-0.39, 0.29) is 25.2 Å². The molecule has 0 radical (unpaired) electrons. The molecule has 0 saturated heterocycles. The summed E-state index contributed by atoms with van der Waals surface area (Å²) in [5, 5.41) is 20.7. The lowest BCUT2D eigenvalue weighted by Gasteiger charge is -2.23. The van der Waals surface area contributed by atoms with Gasteiger partial charge in [-0.2, -0.15) is 0 Å². The van der Waals surface area contributed by atoms with E-state index in [1.54, 1.807) is 18.2 Å². The highest BCUT2D eigenvalue weighted by Gasteiger charge is 2.25. The number of benzene rings is 2. The minimum absolute atomic E-state index is 0.0137. The lowest BCUT2D eigenvalue weighted by Crippen LogP contribution is -2.46. The first kappa shape index (κ1) is 28.3. The van der Waals surface area contributed by atoms with Crippen LogP contribution in [0.25, 0.3) is 0 Å². The van der Waals surface area contributed by atoms with Crippen molar-refractivity contribution in [3.63, 3.8) is 0 Å². The second kappa shape index (κ2) is 13.8. The molecule has 2 rings (SSSR count). The first-order valence-electron chi connectivity index (χ1n) is 10.9. The highest BCUT2D eigenvalue weighted by Crippen LogP contribution is 2.19. The normalized spacial score (nSPS) is 12.5. The molecule has 9 nitrogen and oxygen atoms in total. The Balaban J connectivity index is 2.09. The maximum atomic E-state index is 13.1. The van der Waals surface area contributed by atoms with E-state index in [1.165, 1.54) is 0 Å². The molecule has 1 amide bonds. The Labute approximate surface area is 213 Å². The Hall–Kier alpha value is -2.98. The molecule has 0 fully saturated rings. The second-order valence-electron chi connectivity index (χ2n) is 8.06. The summed E-state index contributed by atoms with van der Waals surface area (Å²) in [6, 6.07) is 12.6. The largest absolute Gasteiger partial charge is 0.480 e. The van der Waals surface area contributed by atoms with Crippen molar-refractivity contribution in [3.05, 3.63) is 69.7 Å². The van der Waals surface area contributed by atoms with Gasteiger partial charge in [-0.05, 0) is 48.6 Å². The third-order valence-electron chi connectivity index (χ3n) is 5.28. The number of guanidine groups is 1. The number of halogens is 2. The zero-order valence-corrected chi connectivity index (χ0v) is 20.6. The van der Waals surface area contributed by atoms with Crippen LogP contribution in [-0.4, -0.2) is 52.3 Å². The van der Waals surface area contributed by atoms with Gasteiger partial charge in [0.25, 0.3) is 0 Å². The molecular formula is C24H29Cl2N5O4. The van der Waals surface area contributed by atoms with E-state index in [9.17, 15) is 14.4 Å². The van der Waals surface area contributed by atoms with Gasteiger partial charge >= 0.3 is 5.97 Å². The molecule has 2 atom stereocenters. The number of nitrogens with zero attached hydrogens (tertiary/aromatic N) is 1. The molecule has 0 heterocycles. The molecule has 2 aromatic rings. The van der Waals surface area contributed by atoms with Crippen molar-refractivity contribution in [1.29, 1.82) is 5.41 Å². The maximum Gasteiger partial charge on any atom is 0.320 e. The Morgan fingerprint density at radius 2 is 1.69 bits per heavy atom. The van der Waals surface area contributed by atoms with Crippen LogP contribution < -0.4 is 16.8 Å². The average molecular weight is 522 g/mol. The van der Waals surface area contributed by atoms with Crippen molar-refractivity contribution in [2.24, 2.45) is 11.5 Å². The molecule has 0 bridgehead atoms. The molecule has 35 heavy (non-hydrogen) atoms. The molecule has 2 unspecified atom stereocenters. The van der Waals surface area contributed by atoms with Gasteiger partial charge in [-0.1, -0.05) is 53.5 Å². The van der Waals surface area contributed by atoms with Crippen LogP contribution in [-0.2, 0) is 27.3 Å². The van der Waals surface area contributed by atoms with Crippen LogP contribution in [0.15, 0.2) is 48.5 Å². The van der Waals surface area contributed by atoms with Crippen molar-refractivity contribution in [2.75, 3.05) is 6.54 Å². The first-order chi connectivity index (χ1) is 16.6. The van der Waals surface area contributed by atoms with E-state index >= 15 is 0 Å². The predicted molar refractivity (Wildman–Crippen MR) is 135 cm³/mol. The van der Waals surface area contributed by atoms with Crippen LogP contribution in [0.5, 0.6) is 0 Å². The number of carbonyl (C=O) groups is 3. The van der Waals surface area contributed by atoms with Gasteiger partial charge in [0.2, 0.25) is 5.91 Å². The number of amides is 1. The number of Topliss-reactive ketones (excluding diaryl/α,β-unsaturated/α-hetero) is 1. The minimum atomic E-state index is -1.16. The zero-order valence-electron chi connectivity index (χ0n) is 19.0. The van der Waals surface area contributed by atoms with Gasteiger partial charge in [-0.25, -0.2) is 0 Å². The summed E-state index contributed by atoms with van der Waals surface area (Å²) in [6.45, 7) is 0.279. The summed E-state index contributed by atoms with van der Waals surface area (Å²) < 4.78 is 0. The topological polar surface area (TPSA) is 163 Å². The van der Waals surface area contributed by atoms with Crippen LogP contribution >= 0.6 is 23.2 Å². The van der Waals surface area contributed by atoms with E-state index < -0.39 is 36.3 Å². The molecule has 0 saturated carbocycles. The Bertz CT molecular complexity index is 1030. The first-order valence-corrected chi connectivity index (χ1v) is 11.7. The maximum absolute atomic E-state index is 13.1. The van der Waals surface area contributed by atoms with Crippen molar-refractivity contribution in [1.82, 2.24) is 10.2 Å². The van der Waals surface area contributed by atoms with Crippen molar-refractivity contribution < 1.29 is 19.5 Å². The van der Waals surface area contributed by atoms with Crippen molar-refractivity contribution in [2.45, 2.75) is 44.3 Å². The summed E-state index contributed by atoms with van der Waals surface area (Å²) in [7, 11) is 0. The highest BCUT2D eigenvalue weighted by molar-refractivity contribution is 6.34. The number of nitrogens with one attached hydrogen (secondary N) is 2. The molecule has 0 aliphatic heterocycles. The fourth-order valence-electron chi connectivity index (χ4n) is 3.44. The van der Waals surface area contributed by atoms with Gasteiger partial charge in [-0.3, -0.25) is 24.7 Å². The van der Waals surface area contributed by atoms with Gasteiger partial charge in [0.1, 0.15) is 6.04 Å². The molecule has 188 valence electrons. The average Bonchev–Trinajstić information content (AvgIpc) is 2.78. The van der Waals surface area contributed by atoms with Gasteiger partial charge in [0.05, 0.1) is 12.5 Å². The summed E-state index contributed by atoms with van der Waals surface area (Å²) >= 11 is 12.1. The SMILES string of the molecule is N=C(N)N(CCCC(N)C(=O)O)C(=O)CC(=O)C(Cc1ccccc1)NCc1cc(Cl)cc(Cl)c1. The van der Waals surface area contributed by atoms with Crippen LogP contribution in [0.4, 0.5) is 0 Å². The van der Waals surface area contributed by atoms with Gasteiger partial charge < -0.3 is 21.9 Å². The molecule has 11 heteroatoms. The van der Waals surface area contributed by atoms with Crippen LogP contribution in [0.3, 0.4) is 0 Å². The van der Waals surface area contributed by atoms with Gasteiger partial charge in [0, 0.05) is 23.1 Å². The Morgan fingerprint density at radius 3 is 2.26 bits per heavy atom. The molecule has 0 aromatic heterocycles. The molecule has 0 aliphatic carbocycles. The third kappa shape index (κ3) is 9.65. The van der Waals surface area contributed by atoms with E-state index in [4.69, 9.17) is 45.2 Å². The molecule has 0 aliphatic rings. The number of nitrogens with two attached hydrogens (primary N) is 2. The van der Waals surface area contributed by atoms with Crippen molar-refractivity contribution >= 4 is 46.8 Å². The number of aliphatic carboxylic acids is 1. The Morgan fingerprint density at radius 1 is 1.06 bits per heavy atom. The summed E-state index contributed by atoms with van der Waals surface area (Å²) in [4.78, 5) is 37.8. The monoisotopic (exact) mass is 521 g/mol. The Kier molecular flexibility index (Phi) is 11.1. The lowest BCUT2D eigenvalue weighted by molar-refractivity contribution is -0.138. The summed E-state index contributed by atoms with van der Waals surface area (Å²) in [5.74, 6) is -2.69. The zero-order chi connectivity index (χ0) is 26.0. The standard InChI is InChI=1S/C24H29Cl2N5O4/c25-17-9-16(10-18(26)12-17)14-30-20(11-15-5-2-1-3-6-15)21(32)13-22(33)31(24(28)29)8-4-7-19(27)23(34)35/h1-3,5-6,9-10,12,19-20,30H,4,7-8,11,13-14,27H2,(H3,28,29)(H,34,35). The van der Waals surface area contributed by atoms with Gasteiger partial charge in [0.15, 0.2) is 11.7 Å². The molecular weight excluding hydrogens is 493 g/mol. The lowest BCUT2D eigenvalue weighted by atomic mass is 9.99. The number of carboxylic acids is 1. The van der Waals surface area contributed by atoms with Crippen molar-refractivity contribution in [3.8, 4) is 0 Å². The number of ketones is 1. The number of hydrogen-bond donors (Lipinski definition) is 5. The van der Waals surface area contributed by atoms with Crippen LogP contribution in [0.1, 0.15) is 30.4 Å². The third-order valence-corrected chi connectivity index (χ3v) is 5.71. The fraction of sp³-hybridized carbons (Fsp3) is 0.333. The fourth-order valence-corrected chi connectivity index (χ4v) is 4.01. The summed E-state index contributed by atoms with van der Waals surface area (Å²) in [5.41, 5.74) is 12.7. The van der Waals surface area contributed by atoms with E-state index in [2.05, 4.69) is 5.32 Å². The quantitative estimate of drug-likeness (QED) is 0.153. The number of carbonyl (C=O) groups excluding carboxylic acids is 2. The smallest absolute Gasteiger partial charge is 0.320 e. The predicted octanol–water partition coefficient (Wildman–Crippen LogP) is 2.57. The molecule has 7 N–H and O–H groups in total. The van der Waals surface area contributed by atoms with Crippen LogP contribution in [0, 0.1) is 5.41 Å². The highest BCUT2D eigenvalue weighted by atomic mass is 35.5. The number of rotatable bonds is 13. The van der Waals surface area contributed by atoms with E-state index in [0.717, 1.165) is 16.0 Å². The minimum Gasteiger partial charge on any atom is -0.480 e. The summed E-state index contributed by atoms with van der Waals surface area (Å²) in [6.07, 6.45) is 0.176. The van der Waals surface area contributed by atoms with Gasteiger partial charge in [-0.15, -0.1) is 0 Å². The van der Waals surface area contributed by atoms with E-state index in [0.29, 0.717) is 23.0 Å². The molecule has 2 aromatic carbocycles.